The smallest absolute Gasteiger partial charge is 0.394 e. The van der Waals surface area contributed by atoms with Gasteiger partial charge in [0.1, 0.15) is 0 Å². The van der Waals surface area contributed by atoms with Crippen LogP contribution in [0.25, 0.3) is 0 Å². The molecule has 0 fully saturated rings. The second kappa shape index (κ2) is 57.3. The normalized spacial score (nSPS) is 12.4. The molecule has 1 aromatic rings. The molecule has 0 aliphatic carbocycles. The summed E-state index contributed by atoms with van der Waals surface area (Å²) in [7, 11) is -18.3. The molecule has 3 unspecified atom stereocenters. The van der Waals surface area contributed by atoms with Gasteiger partial charge in [0.15, 0.2) is 0 Å². The summed E-state index contributed by atoms with van der Waals surface area (Å²) in [5.41, 5.74) is 1.21. The molecule has 0 saturated carbocycles. The molecule has 72 heavy (non-hydrogen) atoms. The van der Waals surface area contributed by atoms with Gasteiger partial charge >= 0.3 is 79.2 Å². The predicted molar refractivity (Wildman–Crippen MR) is 333 cm³/mol. The third kappa shape index (κ3) is 52.1. The van der Waals surface area contributed by atoms with E-state index in [1.54, 1.807) is 63.5 Å². The molecule has 21 nitrogen and oxygen atoms in total. The zero-order valence-corrected chi connectivity index (χ0v) is 43.0. The van der Waals surface area contributed by atoms with Crippen molar-refractivity contribution in [3.05, 3.63) is 42.6 Å². The lowest BCUT2D eigenvalue weighted by Gasteiger charge is -2.34. The molecule has 0 amide bonds. The van der Waals surface area contributed by atoms with Gasteiger partial charge in [-0.25, -0.2) is 0 Å². The highest BCUT2D eigenvalue weighted by Gasteiger charge is 2.53. The maximum absolute atomic E-state index is 10.7. The van der Waals surface area contributed by atoms with Crippen LogP contribution in [0.1, 0.15) is 134 Å². The average molecular weight is 1230 g/mol. The van der Waals surface area contributed by atoms with E-state index in [0.29, 0.717) is 5.19 Å². The van der Waals surface area contributed by atoms with Crippen LogP contribution in [0.2, 0.25) is 45.8 Å². The van der Waals surface area contributed by atoms with E-state index in [1.165, 1.54) is 76.2 Å². The Kier molecular flexibility index (Phi) is 107. The molecular weight excluding hydrogens is 1090 g/mol. The van der Waals surface area contributed by atoms with Crippen LogP contribution in [0.3, 0.4) is 0 Å². The van der Waals surface area contributed by atoms with Gasteiger partial charge in [-0.15, -0.1) is 0 Å². The summed E-state index contributed by atoms with van der Waals surface area (Å²) >= 11 is 0. The van der Waals surface area contributed by atoms with Crippen molar-refractivity contribution in [2.75, 3.05) is 64.0 Å². The van der Waals surface area contributed by atoms with Crippen LogP contribution in [-0.2, 0) is 64.5 Å². The monoisotopic (exact) mass is 1230 g/mol. The van der Waals surface area contributed by atoms with E-state index in [2.05, 4.69) is 6.58 Å². The second-order valence-corrected chi connectivity index (χ2v) is 37.2. The van der Waals surface area contributed by atoms with Crippen molar-refractivity contribution in [3.63, 3.8) is 0 Å². The standard InChI is InChI=1S/C11H22O7Si3.C7H20O7Si3.C6H20O7Si3.18CH4/c1-14-20(12,11-9-7-6-8-10-11)17-19(4,5)18-21(13,15-2)16-3;1-7-16(8,10-2)13-15(5,6)14-17(9,11-3)12-4;1-9-15(6,7)12-14(4,5)13-16(8,10-2)11-3;;;;;;;;;;;;;;;;;;/h6-10,12-13H,1-5H3;7-9H,1H2,2-6H3;7-8H,1-6H3;18*1H4. The topological polar surface area (TPSA) is 260 Å². The number of rotatable bonds is 23. The summed E-state index contributed by atoms with van der Waals surface area (Å²) in [4.78, 5) is 59.8. The molecule has 1 aromatic carbocycles. The van der Waals surface area contributed by atoms with Crippen molar-refractivity contribution in [1.82, 2.24) is 0 Å². The van der Waals surface area contributed by atoms with Crippen LogP contribution < -0.4 is 5.19 Å². The molecule has 0 spiro atoms. The van der Waals surface area contributed by atoms with E-state index >= 15 is 0 Å². The molecule has 0 bridgehead atoms. The maximum Gasteiger partial charge on any atom is 0.667 e. The molecule has 0 radical (unpaired) electrons. The van der Waals surface area contributed by atoms with Crippen LogP contribution in [0.4, 0.5) is 0 Å². The van der Waals surface area contributed by atoms with Gasteiger partial charge in [0.2, 0.25) is 0 Å². The van der Waals surface area contributed by atoms with Gasteiger partial charge in [-0.3, -0.25) is 0 Å². The Bertz CT molecular complexity index is 1210. The minimum Gasteiger partial charge on any atom is -0.394 e. The maximum atomic E-state index is 10.7. The quantitative estimate of drug-likeness (QED) is 0.0557. The Balaban J connectivity index is -0.0000000280. The first-order valence-corrected chi connectivity index (χ1v) is 35.0. The predicted octanol–water partition coefficient (Wildman–Crippen LogP) is 10.8. The lowest BCUT2D eigenvalue weighted by molar-refractivity contribution is 0.0557. The van der Waals surface area contributed by atoms with Crippen molar-refractivity contribution in [2.45, 2.75) is 180 Å². The van der Waals surface area contributed by atoms with Gasteiger partial charge in [0.25, 0.3) is 0 Å². The van der Waals surface area contributed by atoms with Gasteiger partial charge < -0.3 is 93.3 Å². The molecule has 0 aromatic heterocycles. The first-order chi connectivity index (χ1) is 24.5. The van der Waals surface area contributed by atoms with E-state index in [0.717, 1.165) is 0 Å². The third-order valence-corrected chi connectivity index (χ3v) is 31.5. The summed E-state index contributed by atoms with van der Waals surface area (Å²) < 4.78 is 76.5. The van der Waals surface area contributed by atoms with Gasteiger partial charge in [-0.1, -0.05) is 171 Å². The van der Waals surface area contributed by atoms with Crippen LogP contribution in [-0.4, -0.2) is 172 Å². The molecule has 1 rings (SSSR count). The molecule has 6 N–H and O–H groups in total. The summed E-state index contributed by atoms with van der Waals surface area (Å²) in [6.45, 7) is 14.8. The number of hydrogen-bond donors (Lipinski definition) is 6. The molecular formula is C42H134O21Si9. The number of hydrogen-bond acceptors (Lipinski definition) is 21. The molecule has 0 saturated heterocycles. The molecule has 3 atom stereocenters. The van der Waals surface area contributed by atoms with E-state index in [1.807, 2.05) is 6.07 Å². The van der Waals surface area contributed by atoms with Crippen molar-refractivity contribution < 1.29 is 93.3 Å². The SMILES string of the molecule is C.C.C.C.C.C.C.C.C.C.C.C.C.C.C.C.C.C.C=C[Si](O)(OC)O[Si](C)(C)O[Si](O)(OC)OC.CO[Si](C)(O)O[Si](C)(C)O[Si](O)(OC)OC.CO[Si](O)(OC)O[Si](C)(C)O[Si](O)(OC)c1ccccc1. The largest absolute Gasteiger partial charge is 0.667 e. The summed E-state index contributed by atoms with van der Waals surface area (Å²) in [6.07, 6.45) is 0. The molecule has 0 aliphatic rings. The average Bonchev–Trinajstić information content (AvgIpc) is 3.10. The lowest BCUT2D eigenvalue weighted by atomic mass is 10.4. The minimum atomic E-state index is -3.75. The summed E-state index contributed by atoms with van der Waals surface area (Å²) in [5.74, 6) is 0. The molecule has 464 valence electrons. The highest BCUT2D eigenvalue weighted by Crippen LogP contribution is 2.21. The molecule has 0 aliphatic heterocycles. The van der Waals surface area contributed by atoms with Crippen molar-refractivity contribution in [1.29, 1.82) is 0 Å². The van der Waals surface area contributed by atoms with Crippen molar-refractivity contribution in [2.24, 2.45) is 0 Å². The summed E-state index contributed by atoms with van der Waals surface area (Å²) in [5, 5.41) is 0.553. The highest BCUT2D eigenvalue weighted by atomic mass is 28.5. The van der Waals surface area contributed by atoms with Crippen molar-refractivity contribution >= 4 is 84.4 Å². The fourth-order valence-electron chi connectivity index (χ4n) is 3.71. The fraction of sp³-hybridized carbons (Fsp3) is 0.810. The van der Waals surface area contributed by atoms with Gasteiger partial charge in [-0.05, 0) is 45.0 Å². The van der Waals surface area contributed by atoms with Crippen LogP contribution in [0.15, 0.2) is 42.6 Å². The van der Waals surface area contributed by atoms with E-state index in [9.17, 15) is 28.8 Å². The zero-order chi connectivity index (χ0) is 42.9. The molecule has 0 heterocycles. The first-order valence-electron chi connectivity index (χ1n) is 15.7. The Morgan fingerprint density at radius 2 is 0.583 bits per heavy atom. The van der Waals surface area contributed by atoms with E-state index < -0.39 is 79.2 Å². The Morgan fingerprint density at radius 1 is 0.333 bits per heavy atom. The minimum absolute atomic E-state index is 0. The Labute approximate surface area is 461 Å². The summed E-state index contributed by atoms with van der Waals surface area (Å²) in [6, 6.07) is 8.82. The highest BCUT2D eigenvalue weighted by molar-refractivity contribution is 6.86. The Hall–Kier alpha value is 0.0719. The van der Waals surface area contributed by atoms with E-state index in [-0.39, 0.29) is 134 Å². The van der Waals surface area contributed by atoms with Gasteiger partial charge in [0, 0.05) is 75.7 Å². The first kappa shape index (κ1) is 134. The van der Waals surface area contributed by atoms with Crippen LogP contribution >= 0.6 is 0 Å². The third-order valence-electron chi connectivity index (χ3n) is 6.23. The molecule has 30 heteroatoms. The van der Waals surface area contributed by atoms with E-state index in [4.69, 9.17) is 64.5 Å². The van der Waals surface area contributed by atoms with Crippen molar-refractivity contribution in [3.8, 4) is 0 Å². The van der Waals surface area contributed by atoms with Crippen LogP contribution in [0.5, 0.6) is 0 Å². The zero-order valence-electron chi connectivity index (χ0n) is 34.0. The lowest BCUT2D eigenvalue weighted by Crippen LogP contribution is -2.63. The van der Waals surface area contributed by atoms with Gasteiger partial charge in [-0.2, -0.15) is 0 Å². The van der Waals surface area contributed by atoms with Gasteiger partial charge in [0.05, 0.1) is 0 Å². The fourth-order valence-corrected chi connectivity index (χ4v) is 27.2. The Morgan fingerprint density at radius 3 is 0.792 bits per heavy atom. The van der Waals surface area contributed by atoms with Crippen LogP contribution in [0, 0.1) is 0 Å². The number of benzene rings is 1. The second-order valence-electron chi connectivity index (χ2n) is 11.9.